The number of amides is 1. The Morgan fingerprint density at radius 1 is 1.05 bits per heavy atom. The third kappa shape index (κ3) is 6.99. The van der Waals surface area contributed by atoms with Crippen molar-refractivity contribution in [1.82, 2.24) is 15.0 Å². The first-order valence-electron chi connectivity index (χ1n) is 13.0. The number of hydrogen-bond acceptors (Lipinski definition) is 8. The van der Waals surface area contributed by atoms with Crippen LogP contribution in [0.5, 0.6) is 11.5 Å². The van der Waals surface area contributed by atoms with Crippen LogP contribution in [0, 0.1) is 5.92 Å². The third-order valence-corrected chi connectivity index (χ3v) is 7.80. The number of nitrogens with zero attached hydrogens (tertiary/aromatic N) is 3. The predicted octanol–water partition coefficient (Wildman–Crippen LogP) is 5.90. The molecule has 202 valence electrons. The van der Waals surface area contributed by atoms with E-state index in [2.05, 4.69) is 44.6 Å². The first-order valence-corrected chi connectivity index (χ1v) is 13.9. The molecule has 0 radical (unpaired) electrons. The van der Waals surface area contributed by atoms with Crippen LogP contribution in [-0.2, 0) is 17.1 Å². The van der Waals surface area contributed by atoms with Crippen LogP contribution in [0.3, 0.4) is 0 Å². The van der Waals surface area contributed by atoms with Gasteiger partial charge < -0.3 is 19.3 Å². The van der Waals surface area contributed by atoms with Crippen LogP contribution in [0.1, 0.15) is 24.3 Å². The van der Waals surface area contributed by atoms with Crippen LogP contribution in [0.2, 0.25) is 0 Å². The molecule has 9 heteroatoms. The first kappa shape index (κ1) is 26.8. The summed E-state index contributed by atoms with van der Waals surface area (Å²) in [6.45, 7) is 2.02. The molecular weight excluding hydrogens is 512 g/mol. The summed E-state index contributed by atoms with van der Waals surface area (Å²) in [6.07, 6.45) is 1.79. The molecule has 0 saturated carbocycles. The fraction of sp³-hybridized carbons (Fsp3) is 0.300. The smallest absolute Gasteiger partial charge is 0.241 e. The second-order valence-corrected chi connectivity index (χ2v) is 10.5. The van der Waals surface area contributed by atoms with Gasteiger partial charge in [-0.05, 0) is 67.4 Å². The molecule has 1 aromatic heterocycles. The average Bonchev–Trinajstić information content (AvgIpc) is 3.45. The second kappa shape index (κ2) is 12.8. The standard InChI is InChI=1S/C30H32N4O4S/c1-36-26-15-12-22(17-27(26)37-2)29-32-28(38-33-29)19-34-16-6-7-23(18-34)30(35)31-24-13-10-21(11-14-24)20-39-25-8-4-3-5-9-25/h3-5,8-15,17,23H,6-7,16,18-20H2,1-2H3,(H,31,35). The van der Waals surface area contributed by atoms with E-state index in [9.17, 15) is 4.79 Å². The number of thioether (sulfide) groups is 1. The minimum Gasteiger partial charge on any atom is -0.493 e. The average molecular weight is 545 g/mol. The fourth-order valence-corrected chi connectivity index (χ4v) is 5.50. The number of carbonyl (C=O) groups is 1. The number of nitrogens with one attached hydrogen (secondary N) is 1. The van der Waals surface area contributed by atoms with Crippen molar-refractivity contribution < 1.29 is 18.8 Å². The zero-order valence-electron chi connectivity index (χ0n) is 22.1. The number of carbonyl (C=O) groups excluding carboxylic acids is 1. The second-order valence-electron chi connectivity index (χ2n) is 9.44. The Labute approximate surface area is 232 Å². The lowest BCUT2D eigenvalue weighted by Crippen LogP contribution is -2.40. The molecule has 0 bridgehead atoms. The number of aromatic nitrogens is 2. The molecule has 1 aliphatic rings. The highest BCUT2D eigenvalue weighted by Gasteiger charge is 2.27. The summed E-state index contributed by atoms with van der Waals surface area (Å²) in [6, 6.07) is 24.0. The highest BCUT2D eigenvalue weighted by atomic mass is 32.2. The molecule has 1 N–H and O–H groups in total. The molecule has 1 aliphatic heterocycles. The molecule has 1 unspecified atom stereocenters. The number of ether oxygens (including phenoxy) is 2. The van der Waals surface area contributed by atoms with Gasteiger partial charge in [-0.3, -0.25) is 9.69 Å². The largest absolute Gasteiger partial charge is 0.493 e. The molecule has 1 fully saturated rings. The van der Waals surface area contributed by atoms with Crippen LogP contribution >= 0.6 is 11.8 Å². The maximum Gasteiger partial charge on any atom is 0.241 e. The minimum atomic E-state index is -0.0969. The van der Waals surface area contributed by atoms with Crippen molar-refractivity contribution in [3.8, 4) is 22.9 Å². The van der Waals surface area contributed by atoms with Crippen molar-refractivity contribution in [2.24, 2.45) is 5.92 Å². The van der Waals surface area contributed by atoms with Gasteiger partial charge >= 0.3 is 0 Å². The van der Waals surface area contributed by atoms with Gasteiger partial charge in [-0.1, -0.05) is 35.5 Å². The van der Waals surface area contributed by atoms with E-state index in [-0.39, 0.29) is 11.8 Å². The van der Waals surface area contributed by atoms with E-state index in [1.54, 1.807) is 26.0 Å². The number of anilines is 1. The highest BCUT2D eigenvalue weighted by molar-refractivity contribution is 7.98. The number of benzene rings is 3. The lowest BCUT2D eigenvalue weighted by atomic mass is 9.97. The maximum absolute atomic E-state index is 13.0. The molecule has 0 spiro atoms. The van der Waals surface area contributed by atoms with Gasteiger partial charge in [0.25, 0.3) is 0 Å². The molecule has 2 heterocycles. The summed E-state index contributed by atoms with van der Waals surface area (Å²) < 4.78 is 16.2. The van der Waals surface area contributed by atoms with Gasteiger partial charge in [0.2, 0.25) is 17.6 Å². The number of methoxy groups -OCH3 is 2. The Morgan fingerprint density at radius 2 is 1.85 bits per heavy atom. The van der Waals surface area contributed by atoms with Gasteiger partial charge in [0.1, 0.15) is 0 Å². The lowest BCUT2D eigenvalue weighted by Gasteiger charge is -2.30. The molecule has 5 rings (SSSR count). The van der Waals surface area contributed by atoms with Crippen molar-refractivity contribution in [1.29, 1.82) is 0 Å². The summed E-state index contributed by atoms with van der Waals surface area (Å²) >= 11 is 1.80. The topological polar surface area (TPSA) is 89.7 Å². The fourth-order valence-electron chi connectivity index (χ4n) is 4.63. The van der Waals surface area contributed by atoms with Crippen LogP contribution in [-0.4, -0.2) is 48.3 Å². The van der Waals surface area contributed by atoms with E-state index in [0.717, 1.165) is 36.4 Å². The summed E-state index contributed by atoms with van der Waals surface area (Å²) in [4.78, 5) is 21.1. The number of rotatable bonds is 10. The molecule has 1 saturated heterocycles. The van der Waals surface area contributed by atoms with Gasteiger partial charge in [0, 0.05) is 28.4 Å². The molecule has 3 aromatic carbocycles. The van der Waals surface area contributed by atoms with Crippen LogP contribution < -0.4 is 14.8 Å². The van der Waals surface area contributed by atoms with Crippen molar-refractivity contribution in [3.63, 3.8) is 0 Å². The van der Waals surface area contributed by atoms with Crippen molar-refractivity contribution in [3.05, 3.63) is 84.3 Å². The Balaban J connectivity index is 1.13. The van der Waals surface area contributed by atoms with E-state index in [0.29, 0.717) is 36.3 Å². The van der Waals surface area contributed by atoms with E-state index < -0.39 is 0 Å². The van der Waals surface area contributed by atoms with Gasteiger partial charge in [-0.25, -0.2) is 0 Å². The molecular formula is C30H32N4O4S. The monoisotopic (exact) mass is 544 g/mol. The number of likely N-dealkylation sites (tertiary alicyclic amines) is 1. The summed E-state index contributed by atoms with van der Waals surface area (Å²) in [5, 5.41) is 7.24. The Morgan fingerprint density at radius 3 is 2.62 bits per heavy atom. The summed E-state index contributed by atoms with van der Waals surface area (Å²) in [5.74, 6) is 3.09. The normalized spacial score (nSPS) is 15.6. The zero-order chi connectivity index (χ0) is 27.0. The molecule has 39 heavy (non-hydrogen) atoms. The van der Waals surface area contributed by atoms with Crippen molar-refractivity contribution >= 4 is 23.4 Å². The molecule has 0 aliphatic carbocycles. The summed E-state index contributed by atoms with van der Waals surface area (Å²) in [7, 11) is 3.19. The molecule has 1 atom stereocenters. The highest BCUT2D eigenvalue weighted by Crippen LogP contribution is 2.31. The van der Waals surface area contributed by atoms with E-state index >= 15 is 0 Å². The Hall–Kier alpha value is -3.82. The summed E-state index contributed by atoms with van der Waals surface area (Å²) in [5.41, 5.74) is 2.82. The van der Waals surface area contributed by atoms with Gasteiger partial charge in [0.15, 0.2) is 11.5 Å². The number of hydrogen-bond donors (Lipinski definition) is 1. The lowest BCUT2D eigenvalue weighted by molar-refractivity contribution is -0.121. The van der Waals surface area contributed by atoms with Gasteiger partial charge in [0.05, 0.1) is 26.7 Å². The van der Waals surface area contributed by atoms with Gasteiger partial charge in [-0.15, -0.1) is 11.8 Å². The first-order chi connectivity index (χ1) is 19.1. The Bertz CT molecular complexity index is 1380. The van der Waals surface area contributed by atoms with E-state index in [4.69, 9.17) is 14.0 Å². The van der Waals surface area contributed by atoms with Crippen molar-refractivity contribution in [2.75, 3.05) is 32.6 Å². The number of piperidine rings is 1. The quantitative estimate of drug-likeness (QED) is 0.247. The predicted molar refractivity (Wildman–Crippen MR) is 152 cm³/mol. The molecule has 4 aromatic rings. The molecule has 1 amide bonds. The van der Waals surface area contributed by atoms with Gasteiger partial charge in [-0.2, -0.15) is 4.98 Å². The third-order valence-electron chi connectivity index (χ3n) is 6.72. The zero-order valence-corrected chi connectivity index (χ0v) is 22.9. The van der Waals surface area contributed by atoms with Crippen LogP contribution in [0.25, 0.3) is 11.4 Å². The molecule has 8 nitrogen and oxygen atoms in total. The van der Waals surface area contributed by atoms with Crippen molar-refractivity contribution in [2.45, 2.75) is 30.0 Å². The van der Waals surface area contributed by atoms with E-state index in [1.165, 1.54) is 10.5 Å². The van der Waals surface area contributed by atoms with Crippen LogP contribution in [0.4, 0.5) is 5.69 Å². The SMILES string of the molecule is COc1ccc(-c2noc(CN3CCCC(C(=O)Nc4ccc(CSc5ccccc5)cc4)C3)n2)cc1OC. The Kier molecular flexibility index (Phi) is 8.80. The van der Waals surface area contributed by atoms with E-state index in [1.807, 2.05) is 48.5 Å². The maximum atomic E-state index is 13.0. The van der Waals surface area contributed by atoms with Crippen LogP contribution in [0.15, 0.2) is 82.2 Å². The minimum absolute atomic E-state index is 0.0441.